The number of carbonyl (C=O) groups is 2. The summed E-state index contributed by atoms with van der Waals surface area (Å²) in [5.74, 6) is -0.329. The van der Waals surface area contributed by atoms with E-state index < -0.39 is 0 Å². The van der Waals surface area contributed by atoms with E-state index in [-0.39, 0.29) is 11.8 Å². The third-order valence-electron chi connectivity index (χ3n) is 4.93. The van der Waals surface area contributed by atoms with Crippen molar-refractivity contribution >= 4 is 29.2 Å². The van der Waals surface area contributed by atoms with Crippen LogP contribution in [0, 0.1) is 0 Å². The predicted octanol–water partition coefficient (Wildman–Crippen LogP) is 5.07. The molecule has 0 saturated heterocycles. The summed E-state index contributed by atoms with van der Waals surface area (Å²) in [5.41, 5.74) is 4.35. The molecule has 2 N–H and O–H groups in total. The van der Waals surface area contributed by atoms with Crippen molar-refractivity contribution in [3.63, 3.8) is 0 Å². The first-order chi connectivity index (χ1) is 16.2. The molecule has 0 fully saturated rings. The standard InChI is InChI=1S/C27H23N3O2S/c31-25(16-15-24-19-33-27(30-24)23-9-5-2-6-10-23)28-17-21-11-13-22(14-12-21)26(32)29-18-20-7-3-1-4-8-20/h1-16,19H,17-18H2,(H,28,31)(H,29,32)/b16-15+. The Kier molecular flexibility index (Phi) is 7.40. The summed E-state index contributed by atoms with van der Waals surface area (Å²) < 4.78 is 0. The summed E-state index contributed by atoms with van der Waals surface area (Å²) in [7, 11) is 0. The first kappa shape index (κ1) is 22.2. The monoisotopic (exact) mass is 453 g/mol. The van der Waals surface area contributed by atoms with Crippen molar-refractivity contribution < 1.29 is 9.59 Å². The van der Waals surface area contributed by atoms with Crippen molar-refractivity contribution in [3.8, 4) is 10.6 Å². The van der Waals surface area contributed by atoms with E-state index in [0.717, 1.165) is 27.4 Å². The Bertz CT molecular complexity index is 1230. The maximum absolute atomic E-state index is 12.3. The minimum atomic E-state index is -0.200. The Morgan fingerprint density at radius 2 is 1.42 bits per heavy atom. The van der Waals surface area contributed by atoms with Crippen LogP contribution in [-0.2, 0) is 17.9 Å². The third kappa shape index (κ3) is 6.48. The van der Waals surface area contributed by atoms with Crippen LogP contribution in [0.4, 0.5) is 0 Å². The lowest BCUT2D eigenvalue weighted by Crippen LogP contribution is -2.23. The molecule has 0 aliphatic carbocycles. The molecule has 0 aliphatic heterocycles. The van der Waals surface area contributed by atoms with E-state index in [1.165, 1.54) is 6.08 Å². The largest absolute Gasteiger partial charge is 0.348 e. The Hall–Kier alpha value is -4.03. The quantitative estimate of drug-likeness (QED) is 0.366. The van der Waals surface area contributed by atoms with Gasteiger partial charge in [-0.05, 0) is 29.3 Å². The number of aromatic nitrogens is 1. The molecular formula is C27H23N3O2S. The van der Waals surface area contributed by atoms with Gasteiger partial charge in [-0.25, -0.2) is 4.98 Å². The highest BCUT2D eigenvalue weighted by molar-refractivity contribution is 7.13. The van der Waals surface area contributed by atoms with Crippen molar-refractivity contribution in [2.24, 2.45) is 0 Å². The fourth-order valence-electron chi connectivity index (χ4n) is 3.14. The zero-order valence-corrected chi connectivity index (χ0v) is 18.7. The van der Waals surface area contributed by atoms with Gasteiger partial charge in [-0.15, -0.1) is 11.3 Å². The fourth-order valence-corrected chi connectivity index (χ4v) is 3.93. The van der Waals surface area contributed by atoms with Gasteiger partial charge in [0.05, 0.1) is 5.69 Å². The molecule has 1 aromatic heterocycles. The van der Waals surface area contributed by atoms with Gasteiger partial charge in [-0.2, -0.15) is 0 Å². The lowest BCUT2D eigenvalue weighted by Gasteiger charge is -2.07. The molecule has 4 rings (SSSR count). The molecule has 5 nitrogen and oxygen atoms in total. The van der Waals surface area contributed by atoms with Crippen LogP contribution in [0.1, 0.15) is 27.2 Å². The Balaban J connectivity index is 1.24. The second-order valence-corrected chi connectivity index (χ2v) is 8.22. The van der Waals surface area contributed by atoms with Gasteiger partial charge in [0, 0.05) is 35.7 Å². The number of thiazole rings is 1. The third-order valence-corrected chi connectivity index (χ3v) is 5.84. The molecule has 0 aliphatic rings. The van der Waals surface area contributed by atoms with Gasteiger partial charge in [0.15, 0.2) is 0 Å². The first-order valence-corrected chi connectivity index (χ1v) is 11.4. The number of hydrogen-bond acceptors (Lipinski definition) is 4. The lowest BCUT2D eigenvalue weighted by atomic mass is 10.1. The van der Waals surface area contributed by atoms with E-state index in [2.05, 4.69) is 15.6 Å². The molecule has 2 amide bonds. The number of benzene rings is 3. The minimum Gasteiger partial charge on any atom is -0.348 e. The topological polar surface area (TPSA) is 71.1 Å². The van der Waals surface area contributed by atoms with E-state index in [9.17, 15) is 9.59 Å². The zero-order valence-electron chi connectivity index (χ0n) is 17.9. The molecule has 6 heteroatoms. The smallest absolute Gasteiger partial charge is 0.251 e. The van der Waals surface area contributed by atoms with Crippen molar-refractivity contribution in [3.05, 3.63) is 119 Å². The number of nitrogens with one attached hydrogen (secondary N) is 2. The van der Waals surface area contributed by atoms with E-state index in [1.807, 2.05) is 78.2 Å². The highest BCUT2D eigenvalue weighted by atomic mass is 32.1. The van der Waals surface area contributed by atoms with Gasteiger partial charge in [0.1, 0.15) is 5.01 Å². The van der Waals surface area contributed by atoms with Gasteiger partial charge >= 0.3 is 0 Å². The number of hydrogen-bond donors (Lipinski definition) is 2. The van der Waals surface area contributed by atoms with Crippen molar-refractivity contribution in [1.82, 2.24) is 15.6 Å². The normalized spacial score (nSPS) is 10.8. The fraction of sp³-hybridized carbons (Fsp3) is 0.0741. The summed E-state index contributed by atoms with van der Waals surface area (Å²) in [5, 5.41) is 8.60. The van der Waals surface area contributed by atoms with Gasteiger partial charge in [-0.1, -0.05) is 72.8 Å². The molecule has 0 spiro atoms. The molecule has 0 atom stereocenters. The van der Waals surface area contributed by atoms with Crippen molar-refractivity contribution in [2.45, 2.75) is 13.1 Å². The Morgan fingerprint density at radius 3 is 2.15 bits per heavy atom. The van der Waals surface area contributed by atoms with Crippen molar-refractivity contribution in [1.29, 1.82) is 0 Å². The van der Waals surface area contributed by atoms with Crippen LogP contribution < -0.4 is 10.6 Å². The molecule has 0 bridgehead atoms. The maximum Gasteiger partial charge on any atom is 0.251 e. The summed E-state index contributed by atoms with van der Waals surface area (Å²) in [4.78, 5) is 29.0. The van der Waals surface area contributed by atoms with Crippen LogP contribution in [0.15, 0.2) is 96.4 Å². The maximum atomic E-state index is 12.3. The average molecular weight is 454 g/mol. The molecule has 164 valence electrons. The van der Waals surface area contributed by atoms with Gasteiger partial charge < -0.3 is 10.6 Å². The van der Waals surface area contributed by atoms with Crippen LogP contribution in [0.25, 0.3) is 16.6 Å². The Labute approximate surface area is 196 Å². The number of nitrogens with zero attached hydrogens (tertiary/aromatic N) is 1. The summed E-state index contributed by atoms with van der Waals surface area (Å²) in [6.07, 6.45) is 3.19. The molecule has 3 aromatic carbocycles. The number of amides is 2. The van der Waals surface area contributed by atoms with Crippen LogP contribution >= 0.6 is 11.3 Å². The van der Waals surface area contributed by atoms with Gasteiger partial charge in [-0.3, -0.25) is 9.59 Å². The number of carbonyl (C=O) groups excluding carboxylic acids is 2. The van der Waals surface area contributed by atoms with Crippen LogP contribution in [0.5, 0.6) is 0 Å². The van der Waals surface area contributed by atoms with E-state index in [0.29, 0.717) is 18.7 Å². The van der Waals surface area contributed by atoms with Gasteiger partial charge in [0.2, 0.25) is 5.91 Å². The summed E-state index contributed by atoms with van der Waals surface area (Å²) in [6.45, 7) is 0.858. The van der Waals surface area contributed by atoms with Crippen LogP contribution in [-0.4, -0.2) is 16.8 Å². The van der Waals surface area contributed by atoms with Crippen LogP contribution in [0.2, 0.25) is 0 Å². The molecule has 33 heavy (non-hydrogen) atoms. The summed E-state index contributed by atoms with van der Waals surface area (Å²) in [6, 6.07) is 26.9. The molecular weight excluding hydrogens is 430 g/mol. The molecule has 4 aromatic rings. The van der Waals surface area contributed by atoms with E-state index >= 15 is 0 Å². The highest BCUT2D eigenvalue weighted by Gasteiger charge is 2.06. The average Bonchev–Trinajstić information content (AvgIpc) is 3.35. The molecule has 0 radical (unpaired) electrons. The second-order valence-electron chi connectivity index (χ2n) is 7.36. The highest BCUT2D eigenvalue weighted by Crippen LogP contribution is 2.23. The number of rotatable bonds is 8. The van der Waals surface area contributed by atoms with Crippen LogP contribution in [0.3, 0.4) is 0 Å². The molecule has 0 unspecified atom stereocenters. The molecule has 1 heterocycles. The zero-order chi connectivity index (χ0) is 22.9. The predicted molar refractivity (Wildman–Crippen MR) is 132 cm³/mol. The SMILES string of the molecule is O=C(/C=C/c1csc(-c2ccccc2)n1)NCc1ccc(C(=O)NCc2ccccc2)cc1. The van der Waals surface area contributed by atoms with E-state index in [4.69, 9.17) is 0 Å². The van der Waals surface area contributed by atoms with Crippen molar-refractivity contribution in [2.75, 3.05) is 0 Å². The first-order valence-electron chi connectivity index (χ1n) is 10.6. The summed E-state index contributed by atoms with van der Waals surface area (Å²) >= 11 is 1.54. The minimum absolute atomic E-state index is 0.129. The Morgan fingerprint density at radius 1 is 0.788 bits per heavy atom. The second kappa shape index (κ2) is 11.0. The molecule has 0 saturated carbocycles. The lowest BCUT2D eigenvalue weighted by molar-refractivity contribution is -0.116. The van der Waals surface area contributed by atoms with E-state index in [1.54, 1.807) is 29.5 Å². The van der Waals surface area contributed by atoms with Gasteiger partial charge in [0.25, 0.3) is 5.91 Å².